The van der Waals surface area contributed by atoms with Gasteiger partial charge in [0.25, 0.3) is 0 Å². The first-order valence-corrected chi connectivity index (χ1v) is 13.2. The summed E-state index contributed by atoms with van der Waals surface area (Å²) in [5, 5.41) is 2.96. The topological polar surface area (TPSA) is 90.0 Å². The van der Waals surface area contributed by atoms with E-state index in [4.69, 9.17) is 0 Å². The zero-order valence-corrected chi connectivity index (χ0v) is 22.4. The molecule has 2 aromatic rings. The Labute approximate surface area is 210 Å². The zero-order valence-electron chi connectivity index (χ0n) is 21.6. The third-order valence-electron chi connectivity index (χ3n) is 5.43. The molecule has 1 N–H and O–H groups in total. The van der Waals surface area contributed by atoms with Crippen LogP contribution in [0.25, 0.3) is 0 Å². The van der Waals surface area contributed by atoms with Crippen molar-refractivity contribution >= 4 is 27.7 Å². The van der Waals surface area contributed by atoms with Crippen LogP contribution in [-0.2, 0) is 26.2 Å². The molecule has 8 nitrogen and oxygen atoms in total. The Morgan fingerprint density at radius 1 is 0.943 bits per heavy atom. The van der Waals surface area contributed by atoms with Gasteiger partial charge in [-0.25, -0.2) is 4.31 Å². The van der Waals surface area contributed by atoms with E-state index in [-0.39, 0.29) is 12.5 Å². The molecule has 0 aliphatic rings. The third-order valence-corrected chi connectivity index (χ3v) is 7.25. The van der Waals surface area contributed by atoms with Crippen LogP contribution in [0.3, 0.4) is 0 Å². The van der Waals surface area contributed by atoms with Crippen LogP contribution in [0.4, 0.5) is 5.69 Å². The molecule has 0 spiro atoms. The lowest BCUT2D eigenvalue weighted by atomic mass is 10.1. The van der Waals surface area contributed by atoms with Gasteiger partial charge in [0.2, 0.25) is 11.8 Å². The second kappa shape index (κ2) is 12.2. The van der Waals surface area contributed by atoms with Gasteiger partial charge >= 0.3 is 10.2 Å². The Balaban J connectivity index is 2.41. The average Bonchev–Trinajstić information content (AvgIpc) is 2.79. The van der Waals surface area contributed by atoms with Gasteiger partial charge in [-0.3, -0.25) is 9.59 Å². The highest BCUT2D eigenvalue weighted by Crippen LogP contribution is 2.20. The number of anilines is 1. The number of carbonyl (C=O) groups is 2. The van der Waals surface area contributed by atoms with Gasteiger partial charge in [0.1, 0.15) is 12.6 Å². The first kappa shape index (κ1) is 28.3. The van der Waals surface area contributed by atoms with Crippen LogP contribution in [-0.4, -0.2) is 68.2 Å². The van der Waals surface area contributed by atoms with E-state index in [0.29, 0.717) is 18.5 Å². The summed E-state index contributed by atoms with van der Waals surface area (Å²) in [6.07, 6.45) is 0.936. The quantitative estimate of drug-likeness (QED) is 0.511. The SMILES string of the molecule is CC[C@H](C(=O)NC(C)(C)C)N(CCc1ccccc1)C(=O)CN(c1ccccc1)S(=O)(=O)N(C)C. The van der Waals surface area contributed by atoms with Crippen molar-refractivity contribution in [1.82, 2.24) is 14.5 Å². The lowest BCUT2D eigenvalue weighted by molar-refractivity contribution is -0.140. The fraction of sp³-hybridized carbons (Fsp3) is 0.462. The summed E-state index contributed by atoms with van der Waals surface area (Å²) in [4.78, 5) is 28.4. The van der Waals surface area contributed by atoms with E-state index in [2.05, 4.69) is 5.32 Å². The van der Waals surface area contributed by atoms with Crippen molar-refractivity contribution in [3.8, 4) is 0 Å². The minimum absolute atomic E-state index is 0.261. The van der Waals surface area contributed by atoms with Gasteiger partial charge in [0, 0.05) is 26.2 Å². The molecule has 1 atom stereocenters. The summed E-state index contributed by atoms with van der Waals surface area (Å²) in [5.74, 6) is -0.700. The van der Waals surface area contributed by atoms with Crippen molar-refractivity contribution < 1.29 is 18.0 Å². The number of para-hydroxylation sites is 1. The van der Waals surface area contributed by atoms with Gasteiger partial charge in [-0.1, -0.05) is 55.5 Å². The van der Waals surface area contributed by atoms with Crippen LogP contribution in [0.15, 0.2) is 60.7 Å². The maximum absolute atomic E-state index is 13.7. The molecule has 192 valence electrons. The summed E-state index contributed by atoms with van der Waals surface area (Å²) in [7, 11) is -1.10. The lowest BCUT2D eigenvalue weighted by Gasteiger charge is -2.35. The Morgan fingerprint density at radius 3 is 1.97 bits per heavy atom. The Morgan fingerprint density at radius 2 is 1.49 bits per heavy atom. The molecule has 0 aliphatic heterocycles. The predicted molar refractivity (Wildman–Crippen MR) is 140 cm³/mol. The molecule has 2 amide bonds. The minimum atomic E-state index is -3.95. The standard InChI is InChI=1S/C26H38N4O4S/c1-7-23(25(32)27-26(2,3)4)29(19-18-21-14-10-8-11-15-21)24(31)20-30(35(33,34)28(5)6)22-16-12-9-13-17-22/h8-17,23H,7,18-20H2,1-6H3,(H,27,32)/t23-/m1/s1. The normalized spacial score (nSPS) is 12.8. The van der Waals surface area contributed by atoms with Crippen LogP contribution in [0.1, 0.15) is 39.7 Å². The summed E-state index contributed by atoms with van der Waals surface area (Å²) in [6.45, 7) is 7.36. The number of rotatable bonds is 11. The monoisotopic (exact) mass is 502 g/mol. The van der Waals surface area contributed by atoms with Gasteiger partial charge in [-0.05, 0) is 51.3 Å². The van der Waals surface area contributed by atoms with Crippen LogP contribution in [0, 0.1) is 0 Å². The van der Waals surface area contributed by atoms with Gasteiger partial charge in [0.15, 0.2) is 0 Å². The fourth-order valence-electron chi connectivity index (χ4n) is 3.66. The fourth-order valence-corrected chi connectivity index (χ4v) is 4.72. The van der Waals surface area contributed by atoms with Gasteiger partial charge in [0.05, 0.1) is 5.69 Å². The van der Waals surface area contributed by atoms with E-state index >= 15 is 0 Å². The number of hydrogen-bond acceptors (Lipinski definition) is 4. The molecule has 0 radical (unpaired) electrons. The highest BCUT2D eigenvalue weighted by Gasteiger charge is 2.34. The van der Waals surface area contributed by atoms with Gasteiger partial charge in [-0.15, -0.1) is 0 Å². The third kappa shape index (κ3) is 8.07. The second-order valence-electron chi connectivity index (χ2n) is 9.62. The van der Waals surface area contributed by atoms with Crippen molar-refractivity contribution in [3.63, 3.8) is 0 Å². The molecule has 2 rings (SSSR count). The van der Waals surface area contributed by atoms with E-state index in [0.717, 1.165) is 14.2 Å². The molecule has 0 saturated carbocycles. The molecule has 2 aromatic carbocycles. The van der Waals surface area contributed by atoms with Crippen LogP contribution in [0.5, 0.6) is 0 Å². The van der Waals surface area contributed by atoms with Crippen LogP contribution in [0.2, 0.25) is 0 Å². The van der Waals surface area contributed by atoms with E-state index in [1.54, 1.807) is 30.3 Å². The summed E-state index contributed by atoms with van der Waals surface area (Å²) >= 11 is 0. The van der Waals surface area contributed by atoms with Gasteiger partial charge in [-0.2, -0.15) is 12.7 Å². The molecule has 9 heteroatoms. The van der Waals surface area contributed by atoms with Gasteiger partial charge < -0.3 is 10.2 Å². The van der Waals surface area contributed by atoms with Crippen molar-refractivity contribution in [2.24, 2.45) is 0 Å². The predicted octanol–water partition coefficient (Wildman–Crippen LogP) is 3.06. The van der Waals surface area contributed by atoms with Crippen molar-refractivity contribution in [3.05, 3.63) is 66.2 Å². The van der Waals surface area contributed by atoms with Crippen molar-refractivity contribution in [1.29, 1.82) is 0 Å². The zero-order chi connectivity index (χ0) is 26.2. The number of amides is 2. The lowest BCUT2D eigenvalue weighted by Crippen LogP contribution is -2.56. The molecule has 0 unspecified atom stereocenters. The first-order valence-electron chi connectivity index (χ1n) is 11.8. The minimum Gasteiger partial charge on any atom is -0.350 e. The van der Waals surface area contributed by atoms with E-state index in [1.807, 2.05) is 58.0 Å². The number of nitrogens with zero attached hydrogens (tertiary/aromatic N) is 3. The Bertz CT molecular complexity index is 1070. The maximum atomic E-state index is 13.7. The molecule has 0 bridgehead atoms. The molecule has 0 heterocycles. The van der Waals surface area contributed by atoms with Crippen molar-refractivity contribution in [2.75, 3.05) is 31.5 Å². The number of benzene rings is 2. The highest BCUT2D eigenvalue weighted by atomic mass is 32.2. The molecule has 0 fully saturated rings. The summed E-state index contributed by atoms with van der Waals surface area (Å²) in [5.41, 5.74) is 0.935. The number of nitrogens with one attached hydrogen (secondary N) is 1. The number of hydrogen-bond donors (Lipinski definition) is 1. The van der Waals surface area contributed by atoms with Crippen LogP contribution >= 0.6 is 0 Å². The summed E-state index contributed by atoms with van der Waals surface area (Å²) < 4.78 is 28.4. The average molecular weight is 503 g/mol. The molecule has 0 saturated heterocycles. The largest absolute Gasteiger partial charge is 0.350 e. The first-order chi connectivity index (χ1) is 16.4. The second-order valence-corrected chi connectivity index (χ2v) is 11.7. The smallest absolute Gasteiger partial charge is 0.304 e. The highest BCUT2D eigenvalue weighted by molar-refractivity contribution is 7.90. The summed E-state index contributed by atoms with van der Waals surface area (Å²) in [6, 6.07) is 17.5. The molecule has 35 heavy (non-hydrogen) atoms. The van der Waals surface area contributed by atoms with E-state index in [9.17, 15) is 18.0 Å². The number of carbonyl (C=O) groups excluding carboxylic acids is 2. The van der Waals surface area contributed by atoms with Crippen molar-refractivity contribution in [2.45, 2.75) is 52.1 Å². The van der Waals surface area contributed by atoms with E-state index in [1.165, 1.54) is 19.0 Å². The van der Waals surface area contributed by atoms with E-state index < -0.39 is 34.2 Å². The molecular formula is C26H38N4O4S. The molecular weight excluding hydrogens is 464 g/mol. The molecule has 0 aliphatic carbocycles. The Kier molecular flexibility index (Phi) is 9.85. The molecule has 0 aromatic heterocycles. The van der Waals surface area contributed by atoms with Crippen LogP contribution < -0.4 is 9.62 Å². The maximum Gasteiger partial charge on any atom is 0.304 e. The Hall–Kier alpha value is -2.91.